The van der Waals surface area contributed by atoms with Crippen molar-refractivity contribution in [2.45, 2.75) is 70.3 Å². The summed E-state index contributed by atoms with van der Waals surface area (Å²) in [6.07, 6.45) is 8.89. The smallest absolute Gasteiger partial charge is 0.0446 e. The Hall–Kier alpha value is 0.177. The van der Waals surface area contributed by atoms with Crippen LogP contribution in [0.15, 0.2) is 0 Å². The van der Waals surface area contributed by atoms with Gasteiger partial charge in [-0.3, -0.25) is 0 Å². The van der Waals surface area contributed by atoms with Crippen LogP contribution in [0.5, 0.6) is 0 Å². The molecule has 0 aromatic carbocycles. The first kappa shape index (κ1) is 12.6. The molecule has 1 atom stereocenters. The van der Waals surface area contributed by atoms with E-state index in [9.17, 15) is 0 Å². The summed E-state index contributed by atoms with van der Waals surface area (Å²) >= 11 is 0. The standard InChI is InChI=1S/C14H29NSi/c1-16(2,3)11-13(10-15-14-8-9-14)12-6-4-5-7-12/h12-15H,4-11H2,1-3H3. The van der Waals surface area contributed by atoms with Crippen LogP contribution in [0.3, 0.4) is 0 Å². The van der Waals surface area contributed by atoms with Crippen LogP contribution in [0.4, 0.5) is 0 Å². The molecule has 1 N–H and O–H groups in total. The second-order valence-corrected chi connectivity index (χ2v) is 12.8. The molecular weight excluding hydrogens is 210 g/mol. The van der Waals surface area contributed by atoms with Gasteiger partial charge in [-0.25, -0.2) is 0 Å². The van der Waals surface area contributed by atoms with Gasteiger partial charge in [-0.1, -0.05) is 51.4 Å². The second kappa shape index (κ2) is 5.22. The number of hydrogen-bond acceptors (Lipinski definition) is 1. The summed E-state index contributed by atoms with van der Waals surface area (Å²) < 4.78 is 0. The van der Waals surface area contributed by atoms with Crippen molar-refractivity contribution >= 4 is 8.07 Å². The number of nitrogens with one attached hydrogen (secondary N) is 1. The minimum Gasteiger partial charge on any atom is -0.314 e. The van der Waals surface area contributed by atoms with Gasteiger partial charge in [0, 0.05) is 14.1 Å². The maximum atomic E-state index is 3.78. The fourth-order valence-electron chi connectivity index (χ4n) is 3.23. The summed E-state index contributed by atoms with van der Waals surface area (Å²) in [5.74, 6) is 2.05. The molecule has 94 valence electrons. The van der Waals surface area contributed by atoms with E-state index in [1.54, 1.807) is 0 Å². The summed E-state index contributed by atoms with van der Waals surface area (Å²) in [5.41, 5.74) is 0. The summed E-state index contributed by atoms with van der Waals surface area (Å²) in [7, 11) is -0.879. The van der Waals surface area contributed by atoms with Gasteiger partial charge in [0.2, 0.25) is 0 Å². The van der Waals surface area contributed by atoms with Crippen LogP contribution < -0.4 is 5.32 Å². The van der Waals surface area contributed by atoms with E-state index in [2.05, 4.69) is 25.0 Å². The zero-order valence-corrected chi connectivity index (χ0v) is 12.4. The van der Waals surface area contributed by atoms with Gasteiger partial charge in [0.25, 0.3) is 0 Å². The highest BCUT2D eigenvalue weighted by atomic mass is 28.3. The summed E-state index contributed by atoms with van der Waals surface area (Å²) in [6.45, 7) is 8.92. The molecule has 0 heterocycles. The predicted octanol–water partition coefficient (Wildman–Crippen LogP) is 3.88. The quantitative estimate of drug-likeness (QED) is 0.694. The Morgan fingerprint density at radius 3 is 2.19 bits per heavy atom. The highest BCUT2D eigenvalue weighted by Gasteiger charge is 2.31. The molecule has 2 aliphatic rings. The number of hydrogen-bond donors (Lipinski definition) is 1. The van der Waals surface area contributed by atoms with E-state index < -0.39 is 8.07 Å². The molecule has 2 aliphatic carbocycles. The first-order chi connectivity index (χ1) is 7.54. The molecule has 2 fully saturated rings. The molecule has 0 aliphatic heterocycles. The third-order valence-corrected chi connectivity index (χ3v) is 5.94. The molecule has 1 unspecified atom stereocenters. The zero-order chi connectivity index (χ0) is 11.6. The van der Waals surface area contributed by atoms with Crippen LogP contribution in [0.1, 0.15) is 38.5 Å². The zero-order valence-electron chi connectivity index (χ0n) is 11.4. The molecule has 2 rings (SSSR count). The molecule has 16 heavy (non-hydrogen) atoms. The molecule has 2 heteroatoms. The van der Waals surface area contributed by atoms with Crippen molar-refractivity contribution in [2.24, 2.45) is 11.8 Å². The van der Waals surface area contributed by atoms with Crippen molar-refractivity contribution in [2.75, 3.05) is 6.54 Å². The van der Waals surface area contributed by atoms with Crippen LogP contribution in [-0.4, -0.2) is 20.7 Å². The molecular formula is C14H29NSi. The van der Waals surface area contributed by atoms with Gasteiger partial charge in [-0.15, -0.1) is 0 Å². The predicted molar refractivity (Wildman–Crippen MR) is 74.6 cm³/mol. The van der Waals surface area contributed by atoms with E-state index in [4.69, 9.17) is 0 Å². The molecule has 0 aromatic heterocycles. The average molecular weight is 239 g/mol. The average Bonchev–Trinajstić information content (AvgIpc) is 2.84. The van der Waals surface area contributed by atoms with Crippen LogP contribution >= 0.6 is 0 Å². The van der Waals surface area contributed by atoms with Gasteiger partial charge in [0.15, 0.2) is 0 Å². The normalized spacial score (nSPS) is 24.9. The topological polar surface area (TPSA) is 12.0 Å². The number of rotatable bonds is 6. The van der Waals surface area contributed by atoms with Crippen molar-refractivity contribution in [1.29, 1.82) is 0 Å². The monoisotopic (exact) mass is 239 g/mol. The lowest BCUT2D eigenvalue weighted by atomic mass is 9.92. The van der Waals surface area contributed by atoms with E-state index in [0.717, 1.165) is 17.9 Å². The Morgan fingerprint density at radius 2 is 1.69 bits per heavy atom. The molecule has 0 spiro atoms. The SMILES string of the molecule is C[Si](C)(C)CC(CNC1CC1)C1CCCC1. The van der Waals surface area contributed by atoms with Crippen molar-refractivity contribution in [3.05, 3.63) is 0 Å². The first-order valence-corrected chi connectivity index (χ1v) is 11.0. The van der Waals surface area contributed by atoms with Gasteiger partial charge >= 0.3 is 0 Å². The molecule has 0 radical (unpaired) electrons. The van der Waals surface area contributed by atoms with Crippen molar-refractivity contribution in [3.8, 4) is 0 Å². The Balaban J connectivity index is 1.82. The Morgan fingerprint density at radius 1 is 1.06 bits per heavy atom. The van der Waals surface area contributed by atoms with Crippen LogP contribution in [-0.2, 0) is 0 Å². The molecule has 1 nitrogen and oxygen atoms in total. The highest BCUT2D eigenvalue weighted by molar-refractivity contribution is 6.76. The van der Waals surface area contributed by atoms with Crippen LogP contribution in [0.2, 0.25) is 25.7 Å². The lowest BCUT2D eigenvalue weighted by molar-refractivity contribution is 0.345. The summed E-state index contributed by atoms with van der Waals surface area (Å²) in [6, 6.07) is 2.43. The molecule has 0 amide bonds. The minimum atomic E-state index is -0.879. The highest BCUT2D eigenvalue weighted by Crippen LogP contribution is 2.36. The van der Waals surface area contributed by atoms with Crippen molar-refractivity contribution in [1.82, 2.24) is 5.32 Å². The minimum absolute atomic E-state index is 0.879. The molecule has 0 bridgehead atoms. The molecule has 0 saturated heterocycles. The van der Waals surface area contributed by atoms with Gasteiger partial charge in [-0.2, -0.15) is 0 Å². The largest absolute Gasteiger partial charge is 0.314 e. The lowest BCUT2D eigenvalue weighted by Gasteiger charge is -2.29. The van der Waals surface area contributed by atoms with E-state index >= 15 is 0 Å². The third-order valence-electron chi connectivity index (χ3n) is 4.19. The van der Waals surface area contributed by atoms with Gasteiger partial charge in [0.05, 0.1) is 0 Å². The summed E-state index contributed by atoms with van der Waals surface area (Å²) in [4.78, 5) is 0. The van der Waals surface area contributed by atoms with Gasteiger partial charge < -0.3 is 5.32 Å². The molecule has 2 saturated carbocycles. The third kappa shape index (κ3) is 4.21. The van der Waals surface area contributed by atoms with Crippen LogP contribution in [0, 0.1) is 11.8 Å². The van der Waals surface area contributed by atoms with Crippen molar-refractivity contribution in [3.63, 3.8) is 0 Å². The van der Waals surface area contributed by atoms with E-state index in [1.807, 2.05) is 0 Å². The maximum absolute atomic E-state index is 3.78. The van der Waals surface area contributed by atoms with Crippen molar-refractivity contribution < 1.29 is 0 Å². The molecule has 0 aromatic rings. The van der Waals surface area contributed by atoms with Gasteiger partial charge in [0.1, 0.15) is 0 Å². The fraction of sp³-hybridized carbons (Fsp3) is 1.00. The van der Waals surface area contributed by atoms with E-state index in [0.29, 0.717) is 0 Å². The first-order valence-electron chi connectivity index (χ1n) is 7.28. The maximum Gasteiger partial charge on any atom is 0.0446 e. The lowest BCUT2D eigenvalue weighted by Crippen LogP contribution is -2.34. The Labute approximate surface area is 102 Å². The Kier molecular flexibility index (Phi) is 4.12. The van der Waals surface area contributed by atoms with Crippen LogP contribution in [0.25, 0.3) is 0 Å². The van der Waals surface area contributed by atoms with Gasteiger partial charge in [-0.05, 0) is 31.2 Å². The second-order valence-electron chi connectivity index (χ2n) is 7.25. The Bertz CT molecular complexity index is 211. The fourth-order valence-corrected chi connectivity index (χ4v) is 5.28. The summed E-state index contributed by atoms with van der Waals surface area (Å²) in [5, 5.41) is 3.78. The van der Waals surface area contributed by atoms with E-state index in [-0.39, 0.29) is 0 Å². The van der Waals surface area contributed by atoms with E-state index in [1.165, 1.54) is 51.1 Å².